The van der Waals surface area contributed by atoms with Crippen LogP contribution in [0.4, 0.5) is 0 Å². The van der Waals surface area contributed by atoms with Crippen molar-refractivity contribution in [2.24, 2.45) is 0 Å². The average molecular weight is 366 g/mol. The van der Waals surface area contributed by atoms with E-state index in [1.165, 1.54) is 10.3 Å². The van der Waals surface area contributed by atoms with Crippen LogP contribution in [-0.2, 0) is 6.42 Å². The van der Waals surface area contributed by atoms with Crippen LogP contribution < -0.4 is 15.1 Å². The standard InChI is InChI=1S/C22H26N2O3/c1-2-3-4-16-26-21-9-5-8-20-19(21)12-15-24(22(20)25)27-17-6-7-18-10-13-23-14-11-18/h5,8-15H,2-4,6-7,16-17H2,1H3. The van der Waals surface area contributed by atoms with Gasteiger partial charge >= 0.3 is 0 Å². The maximum Gasteiger partial charge on any atom is 0.290 e. The lowest BCUT2D eigenvalue weighted by Gasteiger charge is -2.12. The number of ether oxygens (including phenoxy) is 1. The molecule has 0 radical (unpaired) electrons. The number of benzene rings is 1. The lowest BCUT2D eigenvalue weighted by Crippen LogP contribution is -2.27. The number of hydrogen-bond donors (Lipinski definition) is 0. The first-order valence-corrected chi connectivity index (χ1v) is 9.59. The molecule has 27 heavy (non-hydrogen) atoms. The molecular weight excluding hydrogens is 340 g/mol. The van der Waals surface area contributed by atoms with Crippen molar-refractivity contribution in [2.75, 3.05) is 13.2 Å². The Morgan fingerprint density at radius 1 is 0.963 bits per heavy atom. The number of nitrogens with zero attached hydrogens (tertiary/aromatic N) is 2. The summed E-state index contributed by atoms with van der Waals surface area (Å²) in [6.07, 6.45) is 10.3. The molecule has 0 saturated carbocycles. The zero-order chi connectivity index (χ0) is 18.9. The van der Waals surface area contributed by atoms with Gasteiger partial charge in [-0.05, 0) is 55.2 Å². The van der Waals surface area contributed by atoms with E-state index < -0.39 is 0 Å². The van der Waals surface area contributed by atoms with Gasteiger partial charge in [0.1, 0.15) is 12.4 Å². The molecule has 0 bridgehead atoms. The highest BCUT2D eigenvalue weighted by Crippen LogP contribution is 2.23. The Kier molecular flexibility index (Phi) is 6.85. The van der Waals surface area contributed by atoms with Crippen molar-refractivity contribution in [3.05, 3.63) is 70.9 Å². The Bertz CT molecular complexity index is 906. The van der Waals surface area contributed by atoms with E-state index >= 15 is 0 Å². The number of aryl methyl sites for hydroxylation is 1. The van der Waals surface area contributed by atoms with E-state index in [-0.39, 0.29) is 5.56 Å². The molecule has 2 aromatic heterocycles. The summed E-state index contributed by atoms with van der Waals surface area (Å²) < 4.78 is 7.18. The second-order valence-electron chi connectivity index (χ2n) is 6.51. The zero-order valence-corrected chi connectivity index (χ0v) is 15.8. The number of hydrogen-bond acceptors (Lipinski definition) is 4. The fourth-order valence-electron chi connectivity index (χ4n) is 2.98. The topological polar surface area (TPSA) is 53.4 Å². The number of aromatic nitrogens is 2. The van der Waals surface area contributed by atoms with Crippen molar-refractivity contribution in [3.8, 4) is 5.75 Å². The predicted molar refractivity (Wildman–Crippen MR) is 107 cm³/mol. The third-order valence-corrected chi connectivity index (χ3v) is 4.47. The minimum absolute atomic E-state index is 0.157. The molecule has 0 amide bonds. The van der Waals surface area contributed by atoms with Crippen LogP contribution in [0.3, 0.4) is 0 Å². The molecule has 0 spiro atoms. The van der Waals surface area contributed by atoms with E-state index in [0.29, 0.717) is 18.6 Å². The van der Waals surface area contributed by atoms with Gasteiger partial charge in [0, 0.05) is 24.0 Å². The molecule has 0 aliphatic carbocycles. The maximum absolute atomic E-state index is 12.7. The van der Waals surface area contributed by atoms with Crippen molar-refractivity contribution < 1.29 is 9.57 Å². The summed E-state index contributed by atoms with van der Waals surface area (Å²) in [4.78, 5) is 22.4. The van der Waals surface area contributed by atoms with E-state index in [1.807, 2.05) is 36.4 Å². The lowest BCUT2D eigenvalue weighted by molar-refractivity contribution is 0.101. The van der Waals surface area contributed by atoms with E-state index in [4.69, 9.17) is 9.57 Å². The molecule has 142 valence electrons. The van der Waals surface area contributed by atoms with Crippen molar-refractivity contribution in [1.82, 2.24) is 9.71 Å². The van der Waals surface area contributed by atoms with Gasteiger partial charge in [-0.15, -0.1) is 0 Å². The van der Waals surface area contributed by atoms with Crippen LogP contribution in [0.25, 0.3) is 10.8 Å². The molecule has 5 heteroatoms. The van der Waals surface area contributed by atoms with Crippen molar-refractivity contribution in [2.45, 2.75) is 39.0 Å². The van der Waals surface area contributed by atoms with Gasteiger partial charge in [-0.2, -0.15) is 4.73 Å². The number of unbranched alkanes of at least 4 members (excludes halogenated alkanes) is 2. The van der Waals surface area contributed by atoms with Gasteiger partial charge in [0.05, 0.1) is 12.0 Å². The molecule has 0 fully saturated rings. The molecule has 1 aromatic carbocycles. The van der Waals surface area contributed by atoms with Crippen LogP contribution in [0.1, 0.15) is 38.2 Å². The highest BCUT2D eigenvalue weighted by atomic mass is 16.7. The van der Waals surface area contributed by atoms with Crippen molar-refractivity contribution in [1.29, 1.82) is 0 Å². The molecule has 0 aliphatic rings. The maximum atomic E-state index is 12.7. The van der Waals surface area contributed by atoms with Gasteiger partial charge in [-0.1, -0.05) is 25.8 Å². The highest BCUT2D eigenvalue weighted by Gasteiger charge is 2.08. The van der Waals surface area contributed by atoms with Crippen LogP contribution in [-0.4, -0.2) is 22.9 Å². The van der Waals surface area contributed by atoms with Crippen LogP contribution in [0.2, 0.25) is 0 Å². The third kappa shape index (κ3) is 5.09. The minimum Gasteiger partial charge on any atom is -0.493 e. The Hall–Kier alpha value is -2.82. The van der Waals surface area contributed by atoms with Crippen LogP contribution in [0, 0.1) is 0 Å². The average Bonchev–Trinajstić information content (AvgIpc) is 2.71. The van der Waals surface area contributed by atoms with Crippen LogP contribution in [0.5, 0.6) is 5.75 Å². The molecule has 0 aliphatic heterocycles. The van der Waals surface area contributed by atoms with E-state index in [1.54, 1.807) is 18.6 Å². The Balaban J connectivity index is 1.63. The van der Waals surface area contributed by atoms with Crippen LogP contribution >= 0.6 is 0 Å². The molecule has 3 aromatic rings. The van der Waals surface area contributed by atoms with Crippen LogP contribution in [0.15, 0.2) is 59.8 Å². The SMILES string of the molecule is CCCCCOc1cccc2c(=O)n(OCCCc3ccncc3)ccc12. The molecule has 0 atom stereocenters. The fraction of sp³-hybridized carbons (Fsp3) is 0.364. The van der Waals surface area contributed by atoms with E-state index in [0.717, 1.165) is 43.2 Å². The summed E-state index contributed by atoms with van der Waals surface area (Å²) in [5.74, 6) is 0.755. The zero-order valence-electron chi connectivity index (χ0n) is 15.8. The van der Waals surface area contributed by atoms with E-state index in [2.05, 4.69) is 11.9 Å². The Morgan fingerprint density at radius 2 is 1.81 bits per heavy atom. The third-order valence-electron chi connectivity index (χ3n) is 4.47. The van der Waals surface area contributed by atoms with Crippen molar-refractivity contribution in [3.63, 3.8) is 0 Å². The summed E-state index contributed by atoms with van der Waals surface area (Å²) in [6, 6.07) is 11.4. The normalized spacial score (nSPS) is 10.9. The number of rotatable bonds is 10. The molecule has 3 rings (SSSR count). The molecule has 0 N–H and O–H groups in total. The summed E-state index contributed by atoms with van der Waals surface area (Å²) in [7, 11) is 0. The van der Waals surface area contributed by atoms with Gasteiger partial charge in [0.2, 0.25) is 0 Å². The number of pyridine rings is 2. The monoisotopic (exact) mass is 366 g/mol. The second-order valence-corrected chi connectivity index (χ2v) is 6.51. The number of fused-ring (bicyclic) bond motifs is 1. The van der Waals surface area contributed by atoms with Gasteiger partial charge < -0.3 is 9.57 Å². The quantitative estimate of drug-likeness (QED) is 0.509. The second kappa shape index (κ2) is 9.76. The van der Waals surface area contributed by atoms with E-state index in [9.17, 15) is 4.79 Å². The first-order valence-electron chi connectivity index (χ1n) is 9.59. The summed E-state index contributed by atoms with van der Waals surface area (Å²) in [5, 5.41) is 1.44. The first-order chi connectivity index (χ1) is 13.3. The van der Waals surface area contributed by atoms with Crippen molar-refractivity contribution >= 4 is 10.8 Å². The molecule has 0 unspecified atom stereocenters. The Morgan fingerprint density at radius 3 is 2.63 bits per heavy atom. The van der Waals surface area contributed by atoms with Gasteiger partial charge in [-0.3, -0.25) is 9.78 Å². The summed E-state index contributed by atoms with van der Waals surface area (Å²) in [6.45, 7) is 3.31. The van der Waals surface area contributed by atoms with Gasteiger partial charge in [0.15, 0.2) is 0 Å². The lowest BCUT2D eigenvalue weighted by atomic mass is 10.1. The van der Waals surface area contributed by atoms with Gasteiger partial charge in [0.25, 0.3) is 5.56 Å². The fourth-order valence-corrected chi connectivity index (χ4v) is 2.98. The predicted octanol–water partition coefficient (Wildman–Crippen LogP) is 4.03. The largest absolute Gasteiger partial charge is 0.493 e. The molecular formula is C22H26N2O3. The molecule has 2 heterocycles. The molecule has 0 saturated heterocycles. The van der Waals surface area contributed by atoms with Gasteiger partial charge in [-0.25, -0.2) is 0 Å². The minimum atomic E-state index is -0.157. The smallest absolute Gasteiger partial charge is 0.290 e. The summed E-state index contributed by atoms with van der Waals surface area (Å²) >= 11 is 0. The molecule has 5 nitrogen and oxygen atoms in total. The highest BCUT2D eigenvalue weighted by molar-refractivity contribution is 5.87. The summed E-state index contributed by atoms with van der Waals surface area (Å²) in [5.41, 5.74) is 1.06. The first kappa shape index (κ1) is 19.0. The Labute approximate surface area is 159 Å².